The summed E-state index contributed by atoms with van der Waals surface area (Å²) < 4.78 is 9.14. The SMILES string of the molecule is [2H]C1N2C=CC(c3ccccc3)(C3CCCCC3)C2[C@H](C)N1c1ccccc1C. The fraction of sp³-hybridized carbons (Fsp3) is 0.462. The monoisotopic (exact) mass is 373 g/mol. The molecule has 1 saturated carbocycles. The Bertz CT molecular complexity index is 889. The lowest BCUT2D eigenvalue weighted by atomic mass is 9.61. The quantitative estimate of drug-likeness (QED) is 0.663. The molecule has 1 aliphatic carbocycles. The van der Waals surface area contributed by atoms with Crippen LogP contribution in [0.25, 0.3) is 0 Å². The zero-order valence-corrected chi connectivity index (χ0v) is 17.1. The average Bonchev–Trinajstić information content (AvgIpc) is 3.28. The number of benzene rings is 2. The first kappa shape index (κ1) is 16.7. The minimum absolute atomic E-state index is 0.00215. The molecule has 2 nitrogen and oxygen atoms in total. The van der Waals surface area contributed by atoms with Crippen molar-refractivity contribution in [2.45, 2.75) is 63.5 Å². The summed E-state index contributed by atoms with van der Waals surface area (Å²) in [7, 11) is 0. The molecule has 4 atom stereocenters. The molecule has 0 N–H and O–H groups in total. The van der Waals surface area contributed by atoms with Crippen molar-refractivity contribution < 1.29 is 1.37 Å². The Morgan fingerprint density at radius 2 is 1.68 bits per heavy atom. The van der Waals surface area contributed by atoms with Gasteiger partial charge in [0, 0.05) is 17.1 Å². The van der Waals surface area contributed by atoms with Crippen molar-refractivity contribution in [3.8, 4) is 0 Å². The van der Waals surface area contributed by atoms with E-state index in [9.17, 15) is 0 Å². The summed E-state index contributed by atoms with van der Waals surface area (Å²) >= 11 is 0. The van der Waals surface area contributed by atoms with E-state index < -0.39 is 0 Å². The highest BCUT2D eigenvalue weighted by Gasteiger charge is 2.56. The van der Waals surface area contributed by atoms with Crippen LogP contribution < -0.4 is 4.90 Å². The summed E-state index contributed by atoms with van der Waals surface area (Å²) in [6.07, 6.45) is 11.3. The first-order valence-corrected chi connectivity index (χ1v) is 10.9. The third-order valence-electron chi connectivity index (χ3n) is 7.43. The smallest absolute Gasteiger partial charge is 0.0905 e. The number of anilines is 1. The molecule has 2 aliphatic heterocycles. The Balaban J connectivity index is 1.62. The van der Waals surface area contributed by atoms with Crippen molar-refractivity contribution in [2.75, 3.05) is 11.5 Å². The van der Waals surface area contributed by atoms with E-state index in [-0.39, 0.29) is 18.1 Å². The molecule has 0 bridgehead atoms. The van der Waals surface area contributed by atoms with Crippen LogP contribution in [-0.4, -0.2) is 23.6 Å². The summed E-state index contributed by atoms with van der Waals surface area (Å²) in [5.41, 5.74) is 3.89. The number of nitrogens with zero attached hydrogens (tertiary/aromatic N) is 2. The highest BCUT2D eigenvalue weighted by Crippen LogP contribution is 2.52. The van der Waals surface area contributed by atoms with Crippen molar-refractivity contribution in [1.82, 2.24) is 4.90 Å². The van der Waals surface area contributed by atoms with Crippen molar-refractivity contribution in [3.05, 3.63) is 78.0 Å². The summed E-state index contributed by atoms with van der Waals surface area (Å²) in [6, 6.07) is 20.3. The zero-order chi connectivity index (χ0) is 20.0. The van der Waals surface area contributed by atoms with Gasteiger partial charge in [-0.2, -0.15) is 0 Å². The number of para-hydroxylation sites is 1. The number of rotatable bonds is 3. The summed E-state index contributed by atoms with van der Waals surface area (Å²) in [5.74, 6) is 0.649. The Morgan fingerprint density at radius 1 is 0.964 bits per heavy atom. The van der Waals surface area contributed by atoms with Crippen LogP contribution in [0, 0.1) is 12.8 Å². The summed E-state index contributed by atoms with van der Waals surface area (Å²) in [4.78, 5) is 4.67. The molecule has 2 aromatic carbocycles. The number of hydrogen-bond acceptors (Lipinski definition) is 2. The van der Waals surface area contributed by atoms with Gasteiger partial charge in [0.2, 0.25) is 0 Å². The minimum atomic E-state index is -0.374. The number of fused-ring (bicyclic) bond motifs is 1. The Kier molecular flexibility index (Phi) is 4.17. The second kappa shape index (κ2) is 6.99. The fourth-order valence-corrected chi connectivity index (χ4v) is 6.13. The first-order chi connectivity index (χ1) is 14.1. The van der Waals surface area contributed by atoms with Crippen LogP contribution in [0.15, 0.2) is 66.9 Å². The molecule has 1 saturated heterocycles. The highest BCUT2D eigenvalue weighted by molar-refractivity contribution is 5.56. The average molecular weight is 374 g/mol. The van der Waals surface area contributed by atoms with Crippen molar-refractivity contribution >= 4 is 5.69 Å². The Labute approximate surface area is 171 Å². The molecule has 0 amide bonds. The van der Waals surface area contributed by atoms with Gasteiger partial charge in [0.1, 0.15) is 0 Å². The topological polar surface area (TPSA) is 6.48 Å². The van der Waals surface area contributed by atoms with Crippen LogP contribution >= 0.6 is 0 Å². The van der Waals surface area contributed by atoms with Gasteiger partial charge in [-0.25, -0.2) is 0 Å². The second-order valence-corrected chi connectivity index (χ2v) is 8.89. The molecular weight excluding hydrogens is 340 g/mol. The lowest BCUT2D eigenvalue weighted by Crippen LogP contribution is -2.51. The van der Waals surface area contributed by atoms with E-state index in [4.69, 9.17) is 1.37 Å². The normalized spacial score (nSPS) is 33.2. The summed E-state index contributed by atoms with van der Waals surface area (Å²) in [6.45, 7) is 4.13. The van der Waals surface area contributed by atoms with E-state index in [2.05, 4.69) is 90.5 Å². The molecule has 2 fully saturated rings. The predicted molar refractivity (Wildman–Crippen MR) is 117 cm³/mol. The van der Waals surface area contributed by atoms with E-state index in [0.29, 0.717) is 12.0 Å². The third-order valence-corrected chi connectivity index (χ3v) is 7.43. The van der Waals surface area contributed by atoms with Gasteiger partial charge in [-0.3, -0.25) is 0 Å². The van der Waals surface area contributed by atoms with Gasteiger partial charge in [0.25, 0.3) is 0 Å². The number of hydrogen-bond donors (Lipinski definition) is 0. The Morgan fingerprint density at radius 3 is 2.43 bits per heavy atom. The molecule has 0 radical (unpaired) electrons. The Hall–Kier alpha value is -2.22. The molecule has 5 rings (SSSR count). The molecule has 3 unspecified atom stereocenters. The molecule has 146 valence electrons. The summed E-state index contributed by atoms with van der Waals surface area (Å²) in [5, 5.41) is 0. The molecule has 3 aliphatic rings. The zero-order valence-electron chi connectivity index (χ0n) is 18.1. The third kappa shape index (κ3) is 2.61. The lowest BCUT2D eigenvalue weighted by molar-refractivity contribution is 0.165. The van der Waals surface area contributed by atoms with Crippen molar-refractivity contribution in [1.29, 1.82) is 0 Å². The van der Waals surface area contributed by atoms with E-state index in [1.165, 1.54) is 48.9 Å². The van der Waals surface area contributed by atoms with E-state index in [0.717, 1.165) is 0 Å². The largest absolute Gasteiger partial charge is 0.354 e. The minimum Gasteiger partial charge on any atom is -0.354 e. The van der Waals surface area contributed by atoms with E-state index >= 15 is 0 Å². The van der Waals surface area contributed by atoms with Gasteiger partial charge in [-0.05, 0) is 56.0 Å². The van der Waals surface area contributed by atoms with Gasteiger partial charge in [0.05, 0.1) is 14.1 Å². The van der Waals surface area contributed by atoms with Crippen LogP contribution in [0.3, 0.4) is 0 Å². The first-order valence-electron chi connectivity index (χ1n) is 11.5. The van der Waals surface area contributed by atoms with Crippen LogP contribution in [0.2, 0.25) is 0 Å². The molecule has 2 heteroatoms. The van der Waals surface area contributed by atoms with Crippen molar-refractivity contribution in [2.24, 2.45) is 5.92 Å². The predicted octanol–water partition coefficient (Wildman–Crippen LogP) is 5.88. The lowest BCUT2D eigenvalue weighted by Gasteiger charge is -2.45. The molecule has 2 heterocycles. The second-order valence-electron chi connectivity index (χ2n) is 8.89. The van der Waals surface area contributed by atoms with Gasteiger partial charge in [-0.15, -0.1) is 0 Å². The van der Waals surface area contributed by atoms with Crippen LogP contribution in [-0.2, 0) is 5.41 Å². The van der Waals surface area contributed by atoms with Gasteiger partial charge in [-0.1, -0.05) is 73.9 Å². The molecule has 2 aromatic rings. The standard InChI is InChI=1S/C26H32N2/c1-20-11-9-10-16-24(20)28-19-27-18-17-26(25(27)21(28)2,22-12-5-3-6-13-22)23-14-7-4-8-15-23/h3,5-6,9-13,16-18,21,23,25H,4,7-8,14-15,19H2,1-2H3/t21-,25?,26?/m0/s1/i19D/t19?,21-,25?,26?. The molecule has 0 spiro atoms. The van der Waals surface area contributed by atoms with Crippen LogP contribution in [0.4, 0.5) is 5.69 Å². The van der Waals surface area contributed by atoms with E-state index in [1.807, 2.05) is 0 Å². The maximum Gasteiger partial charge on any atom is 0.0905 e. The van der Waals surface area contributed by atoms with Crippen LogP contribution in [0.5, 0.6) is 0 Å². The van der Waals surface area contributed by atoms with Gasteiger partial charge < -0.3 is 9.80 Å². The molecule has 0 aromatic heterocycles. The van der Waals surface area contributed by atoms with Gasteiger partial charge >= 0.3 is 0 Å². The van der Waals surface area contributed by atoms with Crippen LogP contribution in [0.1, 0.15) is 51.5 Å². The van der Waals surface area contributed by atoms with Crippen molar-refractivity contribution in [3.63, 3.8) is 0 Å². The van der Waals surface area contributed by atoms with E-state index in [1.54, 1.807) is 0 Å². The highest BCUT2D eigenvalue weighted by atomic mass is 15.4. The maximum atomic E-state index is 9.14. The fourth-order valence-electron chi connectivity index (χ4n) is 6.13. The number of aryl methyl sites for hydroxylation is 1. The molecule has 28 heavy (non-hydrogen) atoms. The maximum absolute atomic E-state index is 9.14. The van der Waals surface area contributed by atoms with Gasteiger partial charge in [0.15, 0.2) is 0 Å². The molecular formula is C26H32N2.